The van der Waals surface area contributed by atoms with Crippen LogP contribution in [0.2, 0.25) is 0 Å². The van der Waals surface area contributed by atoms with Crippen molar-refractivity contribution < 1.29 is 4.74 Å². The Hall–Kier alpha value is -1.36. The van der Waals surface area contributed by atoms with Crippen LogP contribution >= 0.6 is 11.8 Å². The van der Waals surface area contributed by atoms with E-state index in [1.54, 1.807) is 0 Å². The third-order valence-electron chi connectivity index (χ3n) is 2.08. The molecule has 4 nitrogen and oxygen atoms in total. The maximum absolute atomic E-state index is 5.86. The van der Waals surface area contributed by atoms with E-state index in [0.717, 1.165) is 23.9 Å². The van der Waals surface area contributed by atoms with Crippen molar-refractivity contribution in [1.29, 1.82) is 0 Å². The number of nitrogens with zero attached hydrogens (tertiary/aromatic N) is 1. The van der Waals surface area contributed by atoms with Gasteiger partial charge in [-0.2, -0.15) is 16.7 Å². The molecule has 0 aliphatic carbocycles. The Labute approximate surface area is 119 Å². The maximum Gasteiger partial charge on any atom is 0.239 e. The van der Waals surface area contributed by atoms with Crippen LogP contribution in [0.4, 0.5) is 11.5 Å². The Balaban J connectivity index is 2.55. The number of aromatic nitrogens is 1. The molecule has 0 amide bonds. The number of anilines is 2. The third kappa shape index (κ3) is 6.38. The Morgan fingerprint density at radius 1 is 1.47 bits per heavy atom. The first kappa shape index (κ1) is 15.7. The summed E-state index contributed by atoms with van der Waals surface area (Å²) in [5.74, 6) is 3.24. The van der Waals surface area contributed by atoms with Crippen molar-refractivity contribution in [3.05, 3.63) is 24.8 Å². The van der Waals surface area contributed by atoms with Crippen LogP contribution in [0.3, 0.4) is 0 Å². The summed E-state index contributed by atoms with van der Waals surface area (Å²) >= 11 is 1.83. The first-order chi connectivity index (χ1) is 8.92. The Morgan fingerprint density at radius 3 is 2.84 bits per heavy atom. The molecule has 1 heterocycles. The smallest absolute Gasteiger partial charge is 0.239 e. The molecule has 0 saturated heterocycles. The molecule has 0 aliphatic rings. The highest BCUT2D eigenvalue weighted by Gasteiger charge is 2.15. The first-order valence-electron chi connectivity index (χ1n) is 6.30. The van der Waals surface area contributed by atoms with E-state index in [0.29, 0.717) is 11.6 Å². The van der Waals surface area contributed by atoms with Crippen molar-refractivity contribution in [2.75, 3.05) is 29.1 Å². The minimum Gasteiger partial charge on any atom is -0.470 e. The molecule has 1 aromatic heterocycles. The molecule has 0 fully saturated rings. The molecule has 1 rings (SSSR count). The Kier molecular flexibility index (Phi) is 6.02. The zero-order valence-corrected chi connectivity index (χ0v) is 12.7. The molecule has 0 spiro atoms. The molecule has 0 atom stereocenters. The van der Waals surface area contributed by atoms with Gasteiger partial charge in [0.15, 0.2) is 0 Å². The van der Waals surface area contributed by atoms with Gasteiger partial charge in [-0.15, -0.1) is 6.58 Å². The largest absolute Gasteiger partial charge is 0.470 e. The van der Waals surface area contributed by atoms with Gasteiger partial charge in [0.1, 0.15) is 11.4 Å². The molecule has 19 heavy (non-hydrogen) atoms. The van der Waals surface area contributed by atoms with Crippen molar-refractivity contribution in [1.82, 2.24) is 4.98 Å². The van der Waals surface area contributed by atoms with Gasteiger partial charge in [0.05, 0.1) is 5.69 Å². The predicted molar refractivity (Wildman–Crippen MR) is 85.0 cm³/mol. The minimum absolute atomic E-state index is 0.306. The number of pyridine rings is 1. The first-order valence-corrected chi connectivity index (χ1v) is 7.46. The molecule has 3 N–H and O–H groups in total. The van der Waals surface area contributed by atoms with Crippen molar-refractivity contribution >= 4 is 23.3 Å². The van der Waals surface area contributed by atoms with Crippen LogP contribution in [0.15, 0.2) is 24.8 Å². The van der Waals surface area contributed by atoms with Gasteiger partial charge in [0.25, 0.3) is 0 Å². The fraction of sp³-hybridized carbons (Fsp3) is 0.500. The summed E-state index contributed by atoms with van der Waals surface area (Å²) in [6.45, 7) is 10.5. The van der Waals surface area contributed by atoms with Gasteiger partial charge >= 0.3 is 0 Å². The molecule has 0 unspecified atom stereocenters. The van der Waals surface area contributed by atoms with Crippen LogP contribution in [0.1, 0.15) is 20.8 Å². The highest BCUT2D eigenvalue weighted by atomic mass is 32.2. The normalized spacial score (nSPS) is 11.1. The second kappa shape index (κ2) is 7.28. The second-order valence-corrected chi connectivity index (χ2v) is 6.25. The lowest BCUT2D eigenvalue weighted by atomic mass is 10.2. The van der Waals surface area contributed by atoms with E-state index in [1.165, 1.54) is 0 Å². The summed E-state index contributed by atoms with van der Waals surface area (Å²) < 4.78 is 5.72. The van der Waals surface area contributed by atoms with Crippen LogP contribution in [0, 0.1) is 0 Å². The van der Waals surface area contributed by atoms with Gasteiger partial charge in [0.2, 0.25) is 5.88 Å². The highest BCUT2D eigenvalue weighted by Crippen LogP contribution is 2.24. The zero-order chi connectivity index (χ0) is 14.3. The lowest BCUT2D eigenvalue weighted by molar-refractivity contribution is 0.125. The molecule has 106 valence electrons. The predicted octanol–water partition coefficient (Wildman–Crippen LogP) is 3.17. The van der Waals surface area contributed by atoms with Crippen LogP contribution < -0.4 is 15.8 Å². The number of nitrogens with one attached hydrogen (secondary N) is 1. The fourth-order valence-electron chi connectivity index (χ4n) is 1.34. The number of nitrogens with two attached hydrogens (primary N) is 1. The Morgan fingerprint density at radius 2 is 2.21 bits per heavy atom. The molecule has 0 radical (unpaired) electrons. The summed E-state index contributed by atoms with van der Waals surface area (Å²) in [4.78, 5) is 4.39. The maximum atomic E-state index is 5.86. The van der Waals surface area contributed by atoms with Crippen LogP contribution in [-0.2, 0) is 0 Å². The molecular formula is C14H23N3OS. The lowest BCUT2D eigenvalue weighted by Crippen LogP contribution is -2.24. The van der Waals surface area contributed by atoms with E-state index in [9.17, 15) is 0 Å². The van der Waals surface area contributed by atoms with E-state index in [2.05, 4.69) is 16.9 Å². The zero-order valence-electron chi connectivity index (χ0n) is 11.9. The topological polar surface area (TPSA) is 60.2 Å². The van der Waals surface area contributed by atoms with Gasteiger partial charge in [0, 0.05) is 18.1 Å². The van der Waals surface area contributed by atoms with Gasteiger partial charge < -0.3 is 15.8 Å². The number of rotatable bonds is 7. The quantitative estimate of drug-likeness (QED) is 0.594. The van der Waals surface area contributed by atoms with Gasteiger partial charge in [-0.1, -0.05) is 6.08 Å². The number of hydrogen-bond donors (Lipinski definition) is 2. The molecule has 0 aromatic carbocycles. The second-order valence-electron chi connectivity index (χ2n) is 5.10. The molecule has 0 aliphatic heterocycles. The summed E-state index contributed by atoms with van der Waals surface area (Å²) in [5, 5.41) is 3.26. The average molecular weight is 281 g/mol. The van der Waals surface area contributed by atoms with Crippen molar-refractivity contribution in [3.63, 3.8) is 0 Å². The summed E-state index contributed by atoms with van der Waals surface area (Å²) in [6.07, 6.45) is 1.90. The number of ether oxygens (including phenoxy) is 1. The minimum atomic E-state index is -0.306. The van der Waals surface area contributed by atoms with Gasteiger partial charge in [-0.3, -0.25) is 0 Å². The number of nitrogen functional groups attached to an aromatic ring is 1. The van der Waals surface area contributed by atoms with Gasteiger partial charge in [-0.05, 0) is 32.9 Å². The van der Waals surface area contributed by atoms with Crippen molar-refractivity contribution in [2.24, 2.45) is 0 Å². The van der Waals surface area contributed by atoms with Crippen LogP contribution in [-0.4, -0.2) is 28.6 Å². The highest BCUT2D eigenvalue weighted by molar-refractivity contribution is 7.99. The molecule has 0 saturated carbocycles. The van der Waals surface area contributed by atoms with Crippen LogP contribution in [0.25, 0.3) is 0 Å². The van der Waals surface area contributed by atoms with Crippen molar-refractivity contribution in [2.45, 2.75) is 26.4 Å². The average Bonchev–Trinajstić information content (AvgIpc) is 2.31. The van der Waals surface area contributed by atoms with Gasteiger partial charge in [-0.25, -0.2) is 0 Å². The van der Waals surface area contributed by atoms with E-state index in [-0.39, 0.29) is 5.60 Å². The summed E-state index contributed by atoms with van der Waals surface area (Å²) in [6, 6.07) is 3.68. The third-order valence-corrected chi connectivity index (χ3v) is 3.04. The Bertz CT molecular complexity index is 416. The fourth-order valence-corrected chi connectivity index (χ4v) is 1.92. The summed E-state index contributed by atoms with van der Waals surface area (Å²) in [5.41, 5.74) is 6.11. The monoisotopic (exact) mass is 281 g/mol. The molecular weight excluding hydrogens is 258 g/mol. The van der Waals surface area contributed by atoms with E-state index >= 15 is 0 Å². The van der Waals surface area contributed by atoms with Crippen molar-refractivity contribution in [3.8, 4) is 5.88 Å². The molecule has 1 aromatic rings. The standard InChI is InChI=1S/C14H23N3OS/c1-5-9-19-10-8-16-12-7-6-11(15)13(17-12)18-14(2,3)4/h5-7H,1,8-10,15H2,2-4H3,(H,16,17). The van der Waals surface area contributed by atoms with E-state index < -0.39 is 0 Å². The van der Waals surface area contributed by atoms with E-state index in [4.69, 9.17) is 10.5 Å². The van der Waals surface area contributed by atoms with Crippen LogP contribution in [0.5, 0.6) is 5.88 Å². The lowest BCUT2D eigenvalue weighted by Gasteiger charge is -2.21. The SMILES string of the molecule is C=CCSCCNc1ccc(N)c(OC(C)(C)C)n1. The molecule has 5 heteroatoms. The van der Waals surface area contributed by atoms with E-state index in [1.807, 2.05) is 50.7 Å². The summed E-state index contributed by atoms with van der Waals surface area (Å²) in [7, 11) is 0. The number of thioether (sulfide) groups is 1. The number of hydrogen-bond acceptors (Lipinski definition) is 5. The molecule has 0 bridgehead atoms.